The first kappa shape index (κ1) is 17.0. The number of anilines is 2. The van der Waals surface area contributed by atoms with Gasteiger partial charge in [-0.05, 0) is 31.0 Å². The molecule has 0 unspecified atom stereocenters. The first-order valence-corrected chi connectivity index (χ1v) is 9.99. The lowest BCUT2D eigenvalue weighted by atomic mass is 10.2. The number of hydrogen-bond donors (Lipinski definition) is 1. The van der Waals surface area contributed by atoms with Crippen molar-refractivity contribution in [1.29, 1.82) is 0 Å². The molecule has 1 amide bonds. The van der Waals surface area contributed by atoms with Crippen LogP contribution in [0.5, 0.6) is 0 Å². The van der Waals surface area contributed by atoms with Gasteiger partial charge in [0.25, 0.3) is 5.91 Å². The largest absolute Gasteiger partial charge is 0.480 e. The fraction of sp³-hybridized carbons (Fsp3) is 0.278. The predicted molar refractivity (Wildman–Crippen MR) is 105 cm³/mol. The molecule has 3 aromatic rings. The molecular formula is C18H17N3O3S2. The molecule has 0 radical (unpaired) electrons. The van der Waals surface area contributed by atoms with Crippen LogP contribution >= 0.6 is 22.7 Å². The van der Waals surface area contributed by atoms with Gasteiger partial charge in [0, 0.05) is 18.8 Å². The maximum atomic E-state index is 12.9. The molecule has 0 aliphatic carbocycles. The van der Waals surface area contributed by atoms with E-state index in [-0.39, 0.29) is 12.5 Å². The van der Waals surface area contributed by atoms with Gasteiger partial charge in [0.15, 0.2) is 5.13 Å². The van der Waals surface area contributed by atoms with Gasteiger partial charge in [-0.3, -0.25) is 14.5 Å². The van der Waals surface area contributed by atoms with E-state index in [2.05, 4.69) is 9.88 Å². The Bertz CT molecular complexity index is 914. The number of carboxylic acids is 1. The summed E-state index contributed by atoms with van der Waals surface area (Å²) in [6, 6.07) is 10.7. The Morgan fingerprint density at radius 3 is 2.54 bits per heavy atom. The van der Waals surface area contributed by atoms with Crippen molar-refractivity contribution >= 4 is 54.9 Å². The van der Waals surface area contributed by atoms with Gasteiger partial charge in [0.1, 0.15) is 11.4 Å². The minimum Gasteiger partial charge on any atom is -0.480 e. The number of rotatable bonds is 5. The SMILES string of the molecule is O=C(O)CN(C(=O)c1cc2sc(N3CCCC3)nc2s1)c1ccccc1. The van der Waals surface area contributed by atoms with Crippen molar-refractivity contribution in [3.05, 3.63) is 41.3 Å². The summed E-state index contributed by atoms with van der Waals surface area (Å²) < 4.78 is 0.976. The number of carboxylic acid groups (broad SMARTS) is 1. The molecular weight excluding hydrogens is 370 g/mol. The third kappa shape index (κ3) is 3.30. The summed E-state index contributed by atoms with van der Waals surface area (Å²) in [6.45, 7) is 1.70. The van der Waals surface area contributed by atoms with E-state index in [4.69, 9.17) is 0 Å². The van der Waals surface area contributed by atoms with Gasteiger partial charge in [0.05, 0.1) is 9.58 Å². The van der Waals surface area contributed by atoms with E-state index in [1.165, 1.54) is 29.1 Å². The molecule has 0 atom stereocenters. The second kappa shape index (κ2) is 7.05. The van der Waals surface area contributed by atoms with Gasteiger partial charge in [-0.25, -0.2) is 4.98 Å². The highest BCUT2D eigenvalue weighted by atomic mass is 32.1. The van der Waals surface area contributed by atoms with Gasteiger partial charge in [-0.1, -0.05) is 29.5 Å². The monoisotopic (exact) mass is 387 g/mol. The molecule has 0 bridgehead atoms. The number of aromatic nitrogens is 1. The number of benzene rings is 1. The normalized spacial score (nSPS) is 14.1. The molecule has 1 saturated heterocycles. The molecule has 4 rings (SSSR count). The molecule has 8 heteroatoms. The van der Waals surface area contributed by atoms with E-state index >= 15 is 0 Å². The summed E-state index contributed by atoms with van der Waals surface area (Å²) in [4.78, 5) is 33.7. The predicted octanol–water partition coefficient (Wildman–Crippen LogP) is 3.69. The van der Waals surface area contributed by atoms with Crippen molar-refractivity contribution in [1.82, 2.24) is 4.98 Å². The summed E-state index contributed by atoms with van der Waals surface area (Å²) in [5.41, 5.74) is 0.572. The number of hydrogen-bond acceptors (Lipinski definition) is 6. The molecule has 1 N–H and O–H groups in total. The van der Waals surface area contributed by atoms with Crippen LogP contribution in [0, 0.1) is 0 Å². The Balaban J connectivity index is 1.62. The van der Waals surface area contributed by atoms with Crippen LogP contribution in [0.3, 0.4) is 0 Å². The summed E-state index contributed by atoms with van der Waals surface area (Å²) in [7, 11) is 0. The Morgan fingerprint density at radius 2 is 1.88 bits per heavy atom. The van der Waals surface area contributed by atoms with Crippen LogP contribution in [0.4, 0.5) is 10.8 Å². The number of aliphatic carboxylic acids is 1. The van der Waals surface area contributed by atoms with Gasteiger partial charge >= 0.3 is 5.97 Å². The lowest BCUT2D eigenvalue weighted by Crippen LogP contribution is -2.35. The molecule has 6 nitrogen and oxygen atoms in total. The maximum Gasteiger partial charge on any atom is 0.323 e. The van der Waals surface area contributed by atoms with Crippen molar-refractivity contribution < 1.29 is 14.7 Å². The van der Waals surface area contributed by atoms with Crippen LogP contribution in [-0.2, 0) is 4.79 Å². The topological polar surface area (TPSA) is 73.7 Å². The third-order valence-corrected chi connectivity index (χ3v) is 6.48. The van der Waals surface area contributed by atoms with Crippen LogP contribution in [0.1, 0.15) is 22.5 Å². The Labute approximate surface area is 158 Å². The number of thiazole rings is 1. The van der Waals surface area contributed by atoms with Crippen molar-refractivity contribution in [2.45, 2.75) is 12.8 Å². The quantitative estimate of drug-likeness (QED) is 0.723. The van der Waals surface area contributed by atoms with Gasteiger partial charge in [0.2, 0.25) is 0 Å². The number of fused-ring (bicyclic) bond motifs is 1. The highest BCUT2D eigenvalue weighted by Crippen LogP contribution is 2.36. The number of nitrogens with zero attached hydrogens (tertiary/aromatic N) is 3. The number of carbonyl (C=O) groups excluding carboxylic acids is 1. The molecule has 0 saturated carbocycles. The highest BCUT2D eigenvalue weighted by Gasteiger charge is 2.24. The Hall–Kier alpha value is -2.45. The Morgan fingerprint density at radius 1 is 1.15 bits per heavy atom. The summed E-state index contributed by atoms with van der Waals surface area (Å²) in [6.07, 6.45) is 2.39. The van der Waals surface area contributed by atoms with Crippen molar-refractivity contribution in [2.24, 2.45) is 0 Å². The minimum absolute atomic E-state index is 0.309. The van der Waals surface area contributed by atoms with E-state index in [1.807, 2.05) is 12.1 Å². The molecule has 1 aliphatic rings. The molecule has 0 spiro atoms. The van der Waals surface area contributed by atoms with Crippen LogP contribution in [0.15, 0.2) is 36.4 Å². The first-order chi connectivity index (χ1) is 12.6. The Kier molecular flexibility index (Phi) is 4.60. The molecule has 1 aromatic carbocycles. The van der Waals surface area contributed by atoms with E-state index in [0.29, 0.717) is 10.6 Å². The fourth-order valence-corrected chi connectivity index (χ4v) is 5.24. The second-order valence-corrected chi connectivity index (χ2v) is 8.13. The summed E-state index contributed by atoms with van der Waals surface area (Å²) >= 11 is 2.92. The smallest absolute Gasteiger partial charge is 0.323 e. The minimum atomic E-state index is -1.05. The van der Waals surface area contributed by atoms with E-state index in [9.17, 15) is 14.7 Å². The molecule has 1 fully saturated rings. The summed E-state index contributed by atoms with van der Waals surface area (Å²) in [5.74, 6) is -1.36. The zero-order chi connectivity index (χ0) is 18.1. The van der Waals surface area contributed by atoms with Crippen molar-refractivity contribution in [3.8, 4) is 0 Å². The number of carbonyl (C=O) groups is 2. The van der Waals surface area contributed by atoms with Gasteiger partial charge in [-0.15, -0.1) is 11.3 Å². The lowest BCUT2D eigenvalue weighted by molar-refractivity contribution is -0.135. The third-order valence-electron chi connectivity index (χ3n) is 4.27. The van der Waals surface area contributed by atoms with Gasteiger partial charge < -0.3 is 10.0 Å². The fourth-order valence-electron chi connectivity index (χ4n) is 3.03. The average Bonchev–Trinajstić information content (AvgIpc) is 3.34. The molecule has 134 valence electrons. The zero-order valence-corrected chi connectivity index (χ0v) is 15.6. The number of amides is 1. The number of para-hydroxylation sites is 1. The molecule has 26 heavy (non-hydrogen) atoms. The zero-order valence-electron chi connectivity index (χ0n) is 13.9. The van der Waals surface area contributed by atoms with E-state index in [1.54, 1.807) is 35.6 Å². The van der Waals surface area contributed by atoms with Crippen LogP contribution < -0.4 is 9.80 Å². The van der Waals surface area contributed by atoms with Crippen molar-refractivity contribution in [2.75, 3.05) is 29.4 Å². The van der Waals surface area contributed by atoms with Crippen LogP contribution in [-0.4, -0.2) is 41.6 Å². The first-order valence-electron chi connectivity index (χ1n) is 8.36. The maximum absolute atomic E-state index is 12.9. The van der Waals surface area contributed by atoms with Crippen molar-refractivity contribution in [3.63, 3.8) is 0 Å². The highest BCUT2D eigenvalue weighted by molar-refractivity contribution is 7.29. The average molecular weight is 387 g/mol. The molecule has 2 aromatic heterocycles. The molecule has 1 aliphatic heterocycles. The standard InChI is InChI=1S/C18H17N3O3S2/c22-15(23)11-21(12-6-2-1-3-7-12)17(24)14-10-13-16(25-14)19-18(26-13)20-8-4-5-9-20/h1-3,6-7,10H,4-5,8-9,11H2,(H,22,23). The molecule has 3 heterocycles. The van der Waals surface area contributed by atoms with E-state index < -0.39 is 5.97 Å². The van der Waals surface area contributed by atoms with Gasteiger partial charge in [-0.2, -0.15) is 0 Å². The summed E-state index contributed by atoms with van der Waals surface area (Å²) in [5, 5.41) is 10.2. The van der Waals surface area contributed by atoms with Crippen LogP contribution in [0.2, 0.25) is 0 Å². The van der Waals surface area contributed by atoms with Crippen LogP contribution in [0.25, 0.3) is 9.53 Å². The van der Waals surface area contributed by atoms with E-state index in [0.717, 1.165) is 27.8 Å². The number of thiophene rings is 1. The lowest BCUT2D eigenvalue weighted by Gasteiger charge is -2.20. The second-order valence-electron chi connectivity index (χ2n) is 6.09.